The molecular weight excluding hydrogens is 192 g/mol. The molecule has 4 heteroatoms. The van der Waals surface area contributed by atoms with Gasteiger partial charge in [0.05, 0.1) is 12.7 Å². The number of aromatic nitrogens is 1. The second-order valence-corrected chi connectivity index (χ2v) is 3.99. The molecule has 0 fully saturated rings. The van der Waals surface area contributed by atoms with E-state index in [1.807, 2.05) is 24.9 Å². The number of aliphatic hydroxyl groups is 1. The van der Waals surface area contributed by atoms with Crippen LogP contribution in [0.25, 0.3) is 0 Å². The molecule has 4 nitrogen and oxygen atoms in total. The summed E-state index contributed by atoms with van der Waals surface area (Å²) in [6.07, 6.45) is 3.69. The predicted octanol–water partition coefficient (Wildman–Crippen LogP) is 0.464. The van der Waals surface area contributed by atoms with Gasteiger partial charge in [-0.1, -0.05) is 0 Å². The highest BCUT2D eigenvalue weighted by Gasteiger charge is 2.08. The van der Waals surface area contributed by atoms with Crippen LogP contribution in [-0.2, 0) is 18.3 Å². The number of aliphatic hydroxyl groups excluding tert-OH is 1. The molecule has 0 aliphatic heterocycles. The highest BCUT2D eigenvalue weighted by Crippen LogP contribution is 2.03. The van der Waals surface area contributed by atoms with Crippen LogP contribution in [-0.4, -0.2) is 48.0 Å². The number of methoxy groups -OCH3 is 1. The van der Waals surface area contributed by atoms with Crippen molar-refractivity contribution in [1.82, 2.24) is 9.47 Å². The van der Waals surface area contributed by atoms with Gasteiger partial charge in [-0.3, -0.25) is 4.90 Å². The highest BCUT2D eigenvalue weighted by atomic mass is 16.5. The summed E-state index contributed by atoms with van der Waals surface area (Å²) in [6, 6.07) is 2.08. The number of hydrogen-bond acceptors (Lipinski definition) is 3. The quantitative estimate of drug-likeness (QED) is 0.744. The van der Waals surface area contributed by atoms with E-state index < -0.39 is 6.10 Å². The largest absolute Gasteiger partial charge is 0.389 e. The van der Waals surface area contributed by atoms with Gasteiger partial charge in [-0.15, -0.1) is 0 Å². The van der Waals surface area contributed by atoms with Crippen molar-refractivity contribution in [2.75, 3.05) is 27.3 Å². The minimum atomic E-state index is -0.413. The van der Waals surface area contributed by atoms with Crippen LogP contribution in [0.5, 0.6) is 0 Å². The number of ether oxygens (including phenoxy) is 1. The zero-order valence-electron chi connectivity index (χ0n) is 9.68. The Morgan fingerprint density at radius 3 is 2.87 bits per heavy atom. The second kappa shape index (κ2) is 5.90. The fraction of sp³-hybridized carbons (Fsp3) is 0.636. The van der Waals surface area contributed by atoms with Gasteiger partial charge in [-0.2, -0.15) is 0 Å². The van der Waals surface area contributed by atoms with E-state index in [4.69, 9.17) is 4.74 Å². The lowest BCUT2D eigenvalue weighted by molar-refractivity contribution is 0.0419. The molecule has 1 rings (SSSR count). The summed E-state index contributed by atoms with van der Waals surface area (Å²) in [5.41, 5.74) is 1.25. The number of nitrogens with zero attached hydrogens (tertiary/aromatic N) is 2. The molecule has 0 aromatic carbocycles. The van der Waals surface area contributed by atoms with Crippen molar-refractivity contribution in [1.29, 1.82) is 0 Å². The van der Waals surface area contributed by atoms with E-state index in [2.05, 4.69) is 17.2 Å². The number of likely N-dealkylation sites (N-methyl/N-ethyl adjacent to an activating group) is 1. The molecule has 0 amide bonds. The van der Waals surface area contributed by atoms with Crippen molar-refractivity contribution in [3.05, 3.63) is 24.0 Å². The van der Waals surface area contributed by atoms with Crippen LogP contribution in [0.1, 0.15) is 5.56 Å². The van der Waals surface area contributed by atoms with Crippen molar-refractivity contribution in [2.45, 2.75) is 12.6 Å². The monoisotopic (exact) mass is 212 g/mol. The smallest absolute Gasteiger partial charge is 0.0900 e. The van der Waals surface area contributed by atoms with Crippen LogP contribution in [0.2, 0.25) is 0 Å². The van der Waals surface area contributed by atoms with Crippen molar-refractivity contribution >= 4 is 0 Å². The minimum Gasteiger partial charge on any atom is -0.389 e. The maximum Gasteiger partial charge on any atom is 0.0900 e. The molecule has 0 saturated heterocycles. The first-order valence-corrected chi connectivity index (χ1v) is 5.08. The van der Waals surface area contributed by atoms with Crippen LogP contribution in [0.4, 0.5) is 0 Å². The summed E-state index contributed by atoms with van der Waals surface area (Å²) in [6.45, 7) is 1.86. The SMILES string of the molecule is COCC(O)CN(C)Cc1ccn(C)c1. The first-order valence-electron chi connectivity index (χ1n) is 5.08. The average molecular weight is 212 g/mol. The third-order valence-corrected chi connectivity index (χ3v) is 2.23. The predicted molar refractivity (Wildman–Crippen MR) is 59.6 cm³/mol. The molecule has 0 radical (unpaired) electrons. The third kappa shape index (κ3) is 4.46. The topological polar surface area (TPSA) is 37.6 Å². The fourth-order valence-corrected chi connectivity index (χ4v) is 1.64. The molecule has 0 aliphatic carbocycles. The molecule has 1 unspecified atom stereocenters. The van der Waals surface area contributed by atoms with E-state index in [-0.39, 0.29) is 0 Å². The van der Waals surface area contributed by atoms with Gasteiger partial charge in [0.1, 0.15) is 0 Å². The summed E-state index contributed by atoms with van der Waals surface area (Å²) in [7, 11) is 5.59. The summed E-state index contributed by atoms with van der Waals surface area (Å²) < 4.78 is 6.90. The van der Waals surface area contributed by atoms with Crippen LogP contribution in [0, 0.1) is 0 Å². The van der Waals surface area contributed by atoms with Gasteiger partial charge >= 0.3 is 0 Å². The molecule has 0 spiro atoms. The zero-order chi connectivity index (χ0) is 11.3. The van der Waals surface area contributed by atoms with Gasteiger partial charge in [0.15, 0.2) is 0 Å². The number of rotatable bonds is 6. The van der Waals surface area contributed by atoms with Crippen molar-refractivity contribution in [3.63, 3.8) is 0 Å². The Bertz CT molecular complexity index is 286. The van der Waals surface area contributed by atoms with Crippen LogP contribution < -0.4 is 0 Å². The molecule has 0 aliphatic rings. The standard InChI is InChI=1S/C11H20N2O2/c1-12-5-4-10(6-12)7-13(2)8-11(14)9-15-3/h4-6,11,14H,7-9H2,1-3H3. The van der Waals surface area contributed by atoms with Gasteiger partial charge in [0.25, 0.3) is 0 Å². The van der Waals surface area contributed by atoms with E-state index >= 15 is 0 Å². The molecular formula is C11H20N2O2. The first-order chi connectivity index (χ1) is 7.11. The Morgan fingerprint density at radius 2 is 2.33 bits per heavy atom. The molecule has 1 aromatic heterocycles. The van der Waals surface area contributed by atoms with E-state index in [0.717, 1.165) is 6.54 Å². The van der Waals surface area contributed by atoms with E-state index in [1.165, 1.54) is 5.56 Å². The molecule has 1 atom stereocenters. The van der Waals surface area contributed by atoms with Gasteiger partial charge in [-0.25, -0.2) is 0 Å². The molecule has 0 saturated carbocycles. The molecule has 0 bridgehead atoms. The third-order valence-electron chi connectivity index (χ3n) is 2.23. The lowest BCUT2D eigenvalue weighted by atomic mass is 10.3. The Balaban J connectivity index is 2.32. The van der Waals surface area contributed by atoms with Crippen molar-refractivity contribution in [2.24, 2.45) is 7.05 Å². The number of hydrogen-bond donors (Lipinski definition) is 1. The maximum atomic E-state index is 9.53. The molecule has 86 valence electrons. The highest BCUT2D eigenvalue weighted by molar-refractivity contribution is 5.09. The minimum absolute atomic E-state index is 0.388. The fourth-order valence-electron chi connectivity index (χ4n) is 1.64. The first kappa shape index (κ1) is 12.2. The van der Waals surface area contributed by atoms with E-state index in [9.17, 15) is 5.11 Å². The lowest BCUT2D eigenvalue weighted by Gasteiger charge is -2.19. The summed E-state index contributed by atoms with van der Waals surface area (Å²) in [5.74, 6) is 0. The summed E-state index contributed by atoms with van der Waals surface area (Å²) in [5, 5.41) is 9.53. The number of aryl methyl sites for hydroxylation is 1. The van der Waals surface area contributed by atoms with Gasteiger partial charge < -0.3 is 14.4 Å². The Kier molecular flexibility index (Phi) is 4.81. The lowest BCUT2D eigenvalue weighted by Crippen LogP contribution is -2.31. The second-order valence-electron chi connectivity index (χ2n) is 3.99. The van der Waals surface area contributed by atoms with Gasteiger partial charge in [0.2, 0.25) is 0 Å². The van der Waals surface area contributed by atoms with Crippen LogP contribution >= 0.6 is 0 Å². The van der Waals surface area contributed by atoms with Crippen molar-refractivity contribution < 1.29 is 9.84 Å². The normalized spacial score (nSPS) is 13.4. The molecule has 15 heavy (non-hydrogen) atoms. The van der Waals surface area contributed by atoms with E-state index in [0.29, 0.717) is 13.2 Å². The van der Waals surface area contributed by atoms with Crippen LogP contribution in [0.15, 0.2) is 18.5 Å². The summed E-state index contributed by atoms with van der Waals surface area (Å²) >= 11 is 0. The summed E-state index contributed by atoms with van der Waals surface area (Å²) in [4.78, 5) is 2.08. The average Bonchev–Trinajstić information content (AvgIpc) is 2.51. The maximum absolute atomic E-state index is 9.53. The van der Waals surface area contributed by atoms with Gasteiger partial charge in [-0.05, 0) is 18.7 Å². The molecule has 1 N–H and O–H groups in total. The van der Waals surface area contributed by atoms with Gasteiger partial charge in [0, 0.05) is 39.6 Å². The Labute approximate surface area is 91.1 Å². The Hall–Kier alpha value is -0.840. The zero-order valence-corrected chi connectivity index (χ0v) is 9.68. The van der Waals surface area contributed by atoms with Crippen LogP contribution in [0.3, 0.4) is 0 Å². The Morgan fingerprint density at radius 1 is 1.60 bits per heavy atom. The van der Waals surface area contributed by atoms with E-state index in [1.54, 1.807) is 7.11 Å². The van der Waals surface area contributed by atoms with Crippen molar-refractivity contribution in [3.8, 4) is 0 Å². The molecule has 1 aromatic rings. The molecule has 1 heterocycles.